The van der Waals surface area contributed by atoms with Gasteiger partial charge in [-0.2, -0.15) is 4.31 Å². The number of anilines is 1. The molecule has 6 nitrogen and oxygen atoms in total. The van der Waals surface area contributed by atoms with Crippen LogP contribution in [0.15, 0.2) is 53.4 Å². The zero-order chi connectivity index (χ0) is 19.2. The molecule has 1 amide bonds. The Bertz CT molecular complexity index is 836. The van der Waals surface area contributed by atoms with Gasteiger partial charge in [-0.15, -0.1) is 0 Å². The van der Waals surface area contributed by atoms with Gasteiger partial charge in [0.2, 0.25) is 15.9 Å². The van der Waals surface area contributed by atoms with Gasteiger partial charge in [-0.1, -0.05) is 18.5 Å². The van der Waals surface area contributed by atoms with Crippen molar-refractivity contribution in [3.63, 3.8) is 0 Å². The highest BCUT2D eigenvalue weighted by Crippen LogP contribution is 2.20. The number of likely N-dealkylation sites (N-methyl/N-ethyl adjacent to an activating group) is 1. The molecule has 1 N–H and O–H groups in total. The smallest absolute Gasteiger partial charge is 0.243 e. The van der Waals surface area contributed by atoms with Crippen LogP contribution in [-0.2, 0) is 14.8 Å². The lowest BCUT2D eigenvalue weighted by Gasteiger charge is -2.20. The maximum Gasteiger partial charge on any atom is 0.243 e. The first-order valence-corrected chi connectivity index (χ1v) is 9.97. The Kier molecular flexibility index (Phi) is 7.02. The van der Waals surface area contributed by atoms with Crippen molar-refractivity contribution in [2.24, 2.45) is 0 Å². The van der Waals surface area contributed by atoms with Crippen LogP contribution in [0.5, 0.6) is 5.75 Å². The largest absolute Gasteiger partial charge is 0.494 e. The number of hydrogen-bond acceptors (Lipinski definition) is 4. The first-order valence-electron chi connectivity index (χ1n) is 8.15. The highest BCUT2D eigenvalue weighted by molar-refractivity contribution is 7.89. The van der Waals surface area contributed by atoms with Crippen LogP contribution in [0.4, 0.5) is 5.69 Å². The lowest BCUT2D eigenvalue weighted by Crippen LogP contribution is -2.37. The molecule has 0 aromatic heterocycles. The monoisotopic (exact) mass is 396 g/mol. The molecule has 0 heterocycles. The quantitative estimate of drug-likeness (QED) is 0.742. The third kappa shape index (κ3) is 5.20. The zero-order valence-corrected chi connectivity index (χ0v) is 16.2. The molecule has 0 aliphatic rings. The summed E-state index contributed by atoms with van der Waals surface area (Å²) in [5, 5.41) is 3.21. The number of carbonyl (C=O) groups excluding carboxylic acids is 1. The van der Waals surface area contributed by atoms with E-state index < -0.39 is 15.9 Å². The van der Waals surface area contributed by atoms with Crippen LogP contribution < -0.4 is 10.1 Å². The molecule has 2 rings (SSSR count). The van der Waals surface area contributed by atoms with Crippen molar-refractivity contribution in [1.82, 2.24) is 4.31 Å². The molecule has 0 bridgehead atoms. The summed E-state index contributed by atoms with van der Waals surface area (Å²) in [6.45, 7) is 3.92. The van der Waals surface area contributed by atoms with Gasteiger partial charge >= 0.3 is 0 Å². The number of halogens is 1. The molecule has 8 heteroatoms. The topological polar surface area (TPSA) is 75.7 Å². The van der Waals surface area contributed by atoms with Gasteiger partial charge in [0.25, 0.3) is 0 Å². The third-order valence-corrected chi connectivity index (χ3v) is 5.76. The number of nitrogens with zero attached hydrogens (tertiary/aromatic N) is 1. The van der Waals surface area contributed by atoms with Gasteiger partial charge < -0.3 is 10.1 Å². The molecular formula is C18H21ClN2O4S. The van der Waals surface area contributed by atoms with Gasteiger partial charge in [0, 0.05) is 17.3 Å². The molecule has 0 fully saturated rings. The zero-order valence-electron chi connectivity index (χ0n) is 14.6. The molecule has 26 heavy (non-hydrogen) atoms. The molecule has 0 aliphatic carbocycles. The standard InChI is InChI=1S/C18H21ClN2O4S/c1-3-21(13-18(22)20-15-7-5-14(19)6-8-15)26(23,24)17-11-9-16(10-12-17)25-4-2/h5-12H,3-4,13H2,1-2H3,(H,20,22). The molecule has 140 valence electrons. The van der Waals surface area contributed by atoms with E-state index in [1.807, 2.05) is 6.92 Å². The van der Waals surface area contributed by atoms with Crippen molar-refractivity contribution in [3.05, 3.63) is 53.6 Å². The summed E-state index contributed by atoms with van der Waals surface area (Å²) in [6, 6.07) is 12.7. The van der Waals surface area contributed by atoms with Gasteiger partial charge in [0.15, 0.2) is 0 Å². The molecule has 0 aliphatic heterocycles. The minimum Gasteiger partial charge on any atom is -0.494 e. The molecule has 0 spiro atoms. The van der Waals surface area contributed by atoms with Crippen molar-refractivity contribution in [2.75, 3.05) is 25.0 Å². The number of carbonyl (C=O) groups is 1. The van der Waals surface area contributed by atoms with E-state index in [0.717, 1.165) is 4.31 Å². The Morgan fingerprint density at radius 3 is 2.23 bits per heavy atom. The molecule has 0 unspecified atom stereocenters. The Hall–Kier alpha value is -2.09. The van der Waals surface area contributed by atoms with E-state index in [-0.39, 0.29) is 18.0 Å². The van der Waals surface area contributed by atoms with E-state index in [1.54, 1.807) is 43.3 Å². The molecule has 0 radical (unpaired) electrons. The van der Waals surface area contributed by atoms with Crippen LogP contribution in [0.25, 0.3) is 0 Å². The fraction of sp³-hybridized carbons (Fsp3) is 0.278. The predicted molar refractivity (Wildman–Crippen MR) is 102 cm³/mol. The number of ether oxygens (including phenoxy) is 1. The normalized spacial score (nSPS) is 11.4. The number of hydrogen-bond donors (Lipinski definition) is 1. The Morgan fingerprint density at radius 1 is 1.08 bits per heavy atom. The SMILES string of the molecule is CCOc1ccc(S(=O)(=O)N(CC)CC(=O)Nc2ccc(Cl)cc2)cc1. The van der Waals surface area contributed by atoms with E-state index in [4.69, 9.17) is 16.3 Å². The van der Waals surface area contributed by atoms with Crippen molar-refractivity contribution >= 4 is 33.2 Å². The van der Waals surface area contributed by atoms with Gasteiger partial charge in [-0.3, -0.25) is 4.79 Å². The van der Waals surface area contributed by atoms with Gasteiger partial charge in [-0.25, -0.2) is 8.42 Å². The maximum absolute atomic E-state index is 12.8. The third-order valence-electron chi connectivity index (χ3n) is 3.57. The number of benzene rings is 2. The Morgan fingerprint density at radius 2 is 1.69 bits per heavy atom. The maximum atomic E-state index is 12.8. The Labute approximate surface area is 158 Å². The highest BCUT2D eigenvalue weighted by Gasteiger charge is 2.25. The minimum atomic E-state index is -3.78. The van der Waals surface area contributed by atoms with E-state index in [0.29, 0.717) is 23.1 Å². The predicted octanol–water partition coefficient (Wildman–Crippen LogP) is 3.39. The summed E-state index contributed by atoms with van der Waals surface area (Å²) in [4.78, 5) is 12.3. The van der Waals surface area contributed by atoms with Crippen molar-refractivity contribution in [2.45, 2.75) is 18.7 Å². The van der Waals surface area contributed by atoms with Crippen LogP contribution in [0.1, 0.15) is 13.8 Å². The summed E-state index contributed by atoms with van der Waals surface area (Å²) in [7, 11) is -3.78. The van der Waals surface area contributed by atoms with Crippen molar-refractivity contribution < 1.29 is 17.9 Å². The molecule has 2 aromatic rings. The second-order valence-electron chi connectivity index (χ2n) is 5.39. The van der Waals surface area contributed by atoms with Crippen LogP contribution in [0.2, 0.25) is 5.02 Å². The number of rotatable bonds is 8. The number of amides is 1. The fourth-order valence-corrected chi connectivity index (χ4v) is 3.82. The molecule has 0 saturated carbocycles. The van der Waals surface area contributed by atoms with E-state index in [1.165, 1.54) is 12.1 Å². The number of sulfonamides is 1. The second-order valence-corrected chi connectivity index (χ2v) is 7.77. The molecule has 2 aromatic carbocycles. The lowest BCUT2D eigenvalue weighted by atomic mass is 10.3. The number of nitrogens with one attached hydrogen (secondary N) is 1. The van der Waals surface area contributed by atoms with E-state index in [2.05, 4.69) is 5.32 Å². The summed E-state index contributed by atoms with van der Waals surface area (Å²) >= 11 is 5.80. The average Bonchev–Trinajstić information content (AvgIpc) is 2.62. The van der Waals surface area contributed by atoms with Crippen LogP contribution in [0.3, 0.4) is 0 Å². The van der Waals surface area contributed by atoms with Crippen molar-refractivity contribution in [1.29, 1.82) is 0 Å². The van der Waals surface area contributed by atoms with E-state index in [9.17, 15) is 13.2 Å². The van der Waals surface area contributed by atoms with Crippen LogP contribution in [-0.4, -0.2) is 38.3 Å². The summed E-state index contributed by atoms with van der Waals surface area (Å²) in [6.07, 6.45) is 0. The van der Waals surface area contributed by atoms with Gasteiger partial charge in [0.05, 0.1) is 18.0 Å². The lowest BCUT2D eigenvalue weighted by molar-refractivity contribution is -0.116. The van der Waals surface area contributed by atoms with Crippen molar-refractivity contribution in [3.8, 4) is 5.75 Å². The van der Waals surface area contributed by atoms with Crippen LogP contribution >= 0.6 is 11.6 Å². The summed E-state index contributed by atoms with van der Waals surface area (Å²) in [5.74, 6) is 0.165. The Balaban J connectivity index is 2.10. The average molecular weight is 397 g/mol. The van der Waals surface area contributed by atoms with Crippen LogP contribution in [0, 0.1) is 0 Å². The minimum absolute atomic E-state index is 0.113. The molecular weight excluding hydrogens is 376 g/mol. The second kappa shape index (κ2) is 9.02. The fourth-order valence-electron chi connectivity index (χ4n) is 2.28. The summed E-state index contributed by atoms with van der Waals surface area (Å²) in [5.41, 5.74) is 0.550. The van der Waals surface area contributed by atoms with Gasteiger partial charge in [0.1, 0.15) is 5.75 Å². The van der Waals surface area contributed by atoms with E-state index >= 15 is 0 Å². The first-order chi connectivity index (χ1) is 12.4. The highest BCUT2D eigenvalue weighted by atomic mass is 35.5. The van der Waals surface area contributed by atoms with Gasteiger partial charge in [-0.05, 0) is 55.5 Å². The summed E-state index contributed by atoms with van der Waals surface area (Å²) < 4.78 is 31.9. The molecule has 0 saturated heterocycles. The first kappa shape index (κ1) is 20.2. The molecule has 0 atom stereocenters.